The first-order valence-electron chi connectivity index (χ1n) is 6.64. The van der Waals surface area contributed by atoms with Gasteiger partial charge in [-0.05, 0) is 12.1 Å². The van der Waals surface area contributed by atoms with Crippen LogP contribution in [0.5, 0.6) is 0 Å². The summed E-state index contributed by atoms with van der Waals surface area (Å²) in [5.74, 6) is 1.13. The Morgan fingerprint density at radius 2 is 2.19 bits per heavy atom. The molecule has 3 aromatic rings. The van der Waals surface area contributed by atoms with E-state index in [4.69, 9.17) is 15.6 Å². The first kappa shape index (κ1) is 13.6. The van der Waals surface area contributed by atoms with Gasteiger partial charge in [-0.2, -0.15) is 5.10 Å². The molecule has 4 N–H and O–H groups in total. The Hall–Kier alpha value is -2.38. The van der Waals surface area contributed by atoms with Gasteiger partial charge in [0.15, 0.2) is 0 Å². The molecule has 0 bridgehead atoms. The number of aromatic nitrogens is 4. The number of aliphatic hydroxyl groups excluding tert-OH is 1. The molecule has 110 valence electrons. The molecule has 0 amide bonds. The number of aliphatic hydroxyl groups is 1. The molecule has 7 nitrogen and oxygen atoms in total. The maximum absolute atomic E-state index is 9.09. The zero-order chi connectivity index (χ0) is 14.8. The smallest absolute Gasteiger partial charge is 0.144 e. The lowest BCUT2D eigenvalue weighted by atomic mass is 10.2. The molecular formula is C14H17N5O2. The molecule has 2 heterocycles. The minimum atomic E-state index is -0.0299. The third-order valence-corrected chi connectivity index (χ3v) is 3.28. The lowest BCUT2D eigenvalue weighted by Gasteiger charge is -2.01. The molecule has 7 heteroatoms. The van der Waals surface area contributed by atoms with Crippen molar-refractivity contribution in [2.24, 2.45) is 0 Å². The monoisotopic (exact) mass is 287 g/mol. The Bertz CT molecular complexity index is 729. The minimum Gasteiger partial charge on any atom is -0.394 e. The summed E-state index contributed by atoms with van der Waals surface area (Å²) in [6.45, 7) is 0.635. The van der Waals surface area contributed by atoms with Gasteiger partial charge in [-0.25, -0.2) is 9.67 Å². The fraction of sp³-hybridized carbons (Fsp3) is 0.286. The van der Waals surface area contributed by atoms with Crippen LogP contribution in [0.3, 0.4) is 0 Å². The number of H-pyrrole nitrogens is 1. The Labute approximate surface area is 121 Å². The zero-order valence-electron chi connectivity index (χ0n) is 11.7. The number of nitrogen functional groups attached to an aromatic ring is 1. The summed E-state index contributed by atoms with van der Waals surface area (Å²) >= 11 is 0. The number of nitrogens with one attached hydrogen (secondary N) is 1. The first-order chi connectivity index (χ1) is 10.2. The van der Waals surface area contributed by atoms with Crippen LogP contribution in [0, 0.1) is 0 Å². The van der Waals surface area contributed by atoms with Crippen LogP contribution in [0.25, 0.3) is 22.4 Å². The third-order valence-electron chi connectivity index (χ3n) is 3.28. The molecule has 0 spiro atoms. The molecule has 0 saturated carbocycles. The fourth-order valence-corrected chi connectivity index (χ4v) is 2.36. The van der Waals surface area contributed by atoms with Crippen LogP contribution in [0.2, 0.25) is 0 Å². The SMILES string of the molecule is COCc1nn(CCO)c(N)c1-c1nc2ccccc2[nH]1. The second kappa shape index (κ2) is 5.55. The highest BCUT2D eigenvalue weighted by Gasteiger charge is 2.19. The molecule has 0 aliphatic heterocycles. The van der Waals surface area contributed by atoms with Crippen molar-refractivity contribution >= 4 is 16.9 Å². The van der Waals surface area contributed by atoms with Crippen LogP contribution < -0.4 is 5.73 Å². The maximum atomic E-state index is 9.09. The second-order valence-corrected chi connectivity index (χ2v) is 4.69. The van der Waals surface area contributed by atoms with Gasteiger partial charge in [0.25, 0.3) is 0 Å². The number of para-hydroxylation sites is 2. The predicted molar refractivity (Wildman–Crippen MR) is 79.5 cm³/mol. The van der Waals surface area contributed by atoms with E-state index >= 15 is 0 Å². The molecule has 0 aliphatic carbocycles. The molecule has 0 aliphatic rings. The summed E-state index contributed by atoms with van der Waals surface area (Å²) < 4.78 is 6.74. The number of imidazole rings is 1. The maximum Gasteiger partial charge on any atom is 0.144 e. The molecule has 21 heavy (non-hydrogen) atoms. The van der Waals surface area contributed by atoms with Gasteiger partial charge in [-0.1, -0.05) is 12.1 Å². The lowest BCUT2D eigenvalue weighted by Crippen LogP contribution is -2.08. The number of hydrogen-bond acceptors (Lipinski definition) is 5. The highest BCUT2D eigenvalue weighted by molar-refractivity contribution is 5.82. The van der Waals surface area contributed by atoms with Gasteiger partial charge in [0, 0.05) is 7.11 Å². The van der Waals surface area contributed by atoms with Gasteiger partial charge in [0.05, 0.1) is 36.4 Å². The van der Waals surface area contributed by atoms with Crippen molar-refractivity contribution in [1.29, 1.82) is 0 Å². The molecular weight excluding hydrogens is 270 g/mol. The van der Waals surface area contributed by atoms with Crippen molar-refractivity contribution < 1.29 is 9.84 Å². The lowest BCUT2D eigenvalue weighted by molar-refractivity contribution is 0.180. The summed E-state index contributed by atoms with van der Waals surface area (Å²) in [5, 5.41) is 13.5. The molecule has 0 atom stereocenters. The number of anilines is 1. The number of aromatic amines is 1. The topological polar surface area (TPSA) is 102 Å². The zero-order valence-corrected chi connectivity index (χ0v) is 11.7. The Morgan fingerprint density at radius 1 is 1.38 bits per heavy atom. The number of nitrogens with zero attached hydrogens (tertiary/aromatic N) is 3. The Balaban J connectivity index is 2.14. The van der Waals surface area contributed by atoms with E-state index in [1.807, 2.05) is 24.3 Å². The van der Waals surface area contributed by atoms with Gasteiger partial charge < -0.3 is 20.6 Å². The first-order valence-corrected chi connectivity index (χ1v) is 6.64. The number of hydrogen-bond donors (Lipinski definition) is 3. The van der Waals surface area contributed by atoms with Crippen LogP contribution >= 0.6 is 0 Å². The number of methoxy groups -OCH3 is 1. The van der Waals surface area contributed by atoms with E-state index in [2.05, 4.69) is 15.1 Å². The van der Waals surface area contributed by atoms with Crippen molar-refractivity contribution in [3.8, 4) is 11.4 Å². The molecule has 2 aromatic heterocycles. The van der Waals surface area contributed by atoms with Crippen LogP contribution in [0.15, 0.2) is 24.3 Å². The van der Waals surface area contributed by atoms with Gasteiger partial charge in [-0.15, -0.1) is 0 Å². The van der Waals surface area contributed by atoms with Crippen molar-refractivity contribution in [2.45, 2.75) is 13.2 Å². The van der Waals surface area contributed by atoms with Crippen molar-refractivity contribution in [3.05, 3.63) is 30.0 Å². The average molecular weight is 287 g/mol. The molecule has 0 unspecified atom stereocenters. The number of rotatable bonds is 5. The minimum absolute atomic E-state index is 0.0299. The Morgan fingerprint density at radius 3 is 2.90 bits per heavy atom. The molecule has 0 saturated heterocycles. The summed E-state index contributed by atoms with van der Waals surface area (Å²) in [4.78, 5) is 7.80. The van der Waals surface area contributed by atoms with Gasteiger partial charge >= 0.3 is 0 Å². The standard InChI is InChI=1S/C14H17N5O2/c1-21-8-11-12(13(15)19(18-11)6-7-20)14-16-9-4-2-3-5-10(9)17-14/h2-5,20H,6-8,15H2,1H3,(H,16,17). The molecule has 0 radical (unpaired) electrons. The van der Waals surface area contributed by atoms with Crippen molar-refractivity contribution in [3.63, 3.8) is 0 Å². The fourth-order valence-electron chi connectivity index (χ4n) is 2.36. The summed E-state index contributed by atoms with van der Waals surface area (Å²) in [5.41, 5.74) is 9.37. The molecule has 1 aromatic carbocycles. The number of benzene rings is 1. The predicted octanol–water partition coefficient (Wildman–Crippen LogP) is 1.15. The van der Waals surface area contributed by atoms with Gasteiger partial charge in [-0.3, -0.25) is 0 Å². The van der Waals surface area contributed by atoms with Crippen molar-refractivity contribution in [2.75, 3.05) is 19.5 Å². The number of nitrogens with two attached hydrogens (primary N) is 1. The molecule has 0 fully saturated rings. The second-order valence-electron chi connectivity index (χ2n) is 4.69. The quantitative estimate of drug-likeness (QED) is 0.653. The van der Waals surface area contributed by atoms with E-state index in [-0.39, 0.29) is 6.61 Å². The Kier molecular flexibility index (Phi) is 3.59. The van der Waals surface area contributed by atoms with Gasteiger partial charge in [0.2, 0.25) is 0 Å². The van der Waals surface area contributed by atoms with E-state index < -0.39 is 0 Å². The summed E-state index contributed by atoms with van der Waals surface area (Å²) in [7, 11) is 1.60. The van der Waals surface area contributed by atoms with E-state index in [0.29, 0.717) is 30.5 Å². The van der Waals surface area contributed by atoms with E-state index in [9.17, 15) is 0 Å². The van der Waals surface area contributed by atoms with Crippen LogP contribution in [-0.2, 0) is 17.9 Å². The highest BCUT2D eigenvalue weighted by atomic mass is 16.5. The van der Waals surface area contributed by atoms with Crippen LogP contribution in [0.1, 0.15) is 5.69 Å². The largest absolute Gasteiger partial charge is 0.394 e. The van der Waals surface area contributed by atoms with E-state index in [1.165, 1.54) is 0 Å². The van der Waals surface area contributed by atoms with E-state index in [1.54, 1.807) is 11.8 Å². The average Bonchev–Trinajstić information content (AvgIpc) is 3.01. The number of fused-ring (bicyclic) bond motifs is 1. The summed E-state index contributed by atoms with van der Waals surface area (Å²) in [6, 6.07) is 7.76. The highest BCUT2D eigenvalue weighted by Crippen LogP contribution is 2.29. The third kappa shape index (κ3) is 2.37. The number of ether oxygens (including phenoxy) is 1. The van der Waals surface area contributed by atoms with Crippen LogP contribution in [-0.4, -0.2) is 38.6 Å². The van der Waals surface area contributed by atoms with E-state index in [0.717, 1.165) is 16.6 Å². The van der Waals surface area contributed by atoms with Crippen LogP contribution in [0.4, 0.5) is 5.82 Å². The van der Waals surface area contributed by atoms with Gasteiger partial charge in [0.1, 0.15) is 17.3 Å². The molecule has 3 rings (SSSR count). The van der Waals surface area contributed by atoms with Crippen molar-refractivity contribution in [1.82, 2.24) is 19.7 Å². The normalized spacial score (nSPS) is 11.3. The summed E-state index contributed by atoms with van der Waals surface area (Å²) in [6.07, 6.45) is 0.